The van der Waals surface area contributed by atoms with Crippen molar-refractivity contribution in [2.24, 2.45) is 0 Å². The van der Waals surface area contributed by atoms with Gasteiger partial charge >= 0.3 is 0 Å². The van der Waals surface area contributed by atoms with E-state index in [1.165, 1.54) is 11.3 Å². The number of nitrogen functional groups attached to an aromatic ring is 1. The van der Waals surface area contributed by atoms with Crippen molar-refractivity contribution in [1.29, 1.82) is 0 Å². The number of likely N-dealkylation sites (N-methyl/N-ethyl adjacent to an activating group) is 1. The fourth-order valence-corrected chi connectivity index (χ4v) is 2.55. The summed E-state index contributed by atoms with van der Waals surface area (Å²) in [5.74, 6) is 1.52. The Labute approximate surface area is 135 Å². The number of aromatic nitrogens is 1. The molecule has 0 aliphatic rings. The van der Waals surface area contributed by atoms with Gasteiger partial charge in [0, 0.05) is 24.2 Å². The van der Waals surface area contributed by atoms with Crippen LogP contribution in [0.4, 0.5) is 5.13 Å². The highest BCUT2D eigenvalue weighted by atomic mass is 35.5. The number of anilines is 1. The third-order valence-corrected chi connectivity index (χ3v) is 3.61. The quantitative estimate of drug-likeness (QED) is 0.846. The van der Waals surface area contributed by atoms with Gasteiger partial charge in [-0.05, 0) is 19.2 Å². The van der Waals surface area contributed by atoms with Crippen molar-refractivity contribution >= 4 is 28.9 Å². The Hall–Kier alpha value is -1.50. The van der Waals surface area contributed by atoms with Gasteiger partial charge in [-0.2, -0.15) is 0 Å². The summed E-state index contributed by atoms with van der Waals surface area (Å²) in [5.41, 5.74) is 5.61. The molecule has 1 aromatic heterocycles. The zero-order chi connectivity index (χ0) is 14.4. The third kappa shape index (κ3) is 5.41. The lowest BCUT2D eigenvalue weighted by molar-refractivity contribution is 0.227. The molecule has 5 nitrogen and oxygen atoms in total. The van der Waals surface area contributed by atoms with Crippen molar-refractivity contribution in [3.8, 4) is 11.5 Å². The molecule has 0 amide bonds. The summed E-state index contributed by atoms with van der Waals surface area (Å²) in [6, 6.07) is 7.65. The molecule has 2 rings (SSSR count). The number of para-hydroxylation sites is 2. The molecule has 0 saturated heterocycles. The summed E-state index contributed by atoms with van der Waals surface area (Å²) in [6.45, 7) is 2.24. The second-order valence-electron chi connectivity index (χ2n) is 4.40. The molecule has 0 atom stereocenters. The van der Waals surface area contributed by atoms with E-state index in [0.717, 1.165) is 29.5 Å². The van der Waals surface area contributed by atoms with Crippen LogP contribution in [0.1, 0.15) is 4.88 Å². The molecule has 0 unspecified atom stereocenters. The first kappa shape index (κ1) is 17.6. The van der Waals surface area contributed by atoms with Gasteiger partial charge in [0.2, 0.25) is 0 Å². The second kappa shape index (κ2) is 8.71. The van der Waals surface area contributed by atoms with Crippen LogP contribution in [0.3, 0.4) is 0 Å². The predicted octanol–water partition coefficient (Wildman–Crippen LogP) is 2.67. The van der Waals surface area contributed by atoms with Crippen molar-refractivity contribution in [3.63, 3.8) is 0 Å². The van der Waals surface area contributed by atoms with Gasteiger partial charge in [0.05, 0.1) is 7.11 Å². The number of ether oxygens (including phenoxy) is 2. The maximum Gasteiger partial charge on any atom is 0.180 e. The van der Waals surface area contributed by atoms with Crippen LogP contribution in [0, 0.1) is 0 Å². The Morgan fingerprint density at radius 3 is 2.62 bits per heavy atom. The number of benzene rings is 1. The van der Waals surface area contributed by atoms with Crippen molar-refractivity contribution < 1.29 is 9.47 Å². The van der Waals surface area contributed by atoms with Crippen LogP contribution < -0.4 is 15.2 Å². The van der Waals surface area contributed by atoms with Gasteiger partial charge in [-0.15, -0.1) is 23.7 Å². The number of thiazole rings is 1. The lowest BCUT2D eigenvalue weighted by Gasteiger charge is -2.16. The van der Waals surface area contributed by atoms with Gasteiger partial charge in [0.15, 0.2) is 16.6 Å². The average molecular weight is 330 g/mol. The van der Waals surface area contributed by atoms with E-state index in [-0.39, 0.29) is 12.4 Å². The highest BCUT2D eigenvalue weighted by molar-refractivity contribution is 7.15. The zero-order valence-electron chi connectivity index (χ0n) is 12.1. The molecule has 116 valence electrons. The molecule has 21 heavy (non-hydrogen) atoms. The summed E-state index contributed by atoms with van der Waals surface area (Å²) in [4.78, 5) is 7.37. The Morgan fingerprint density at radius 1 is 1.29 bits per heavy atom. The molecular formula is C14H20ClN3O2S. The summed E-state index contributed by atoms with van der Waals surface area (Å²) < 4.78 is 11.0. The van der Waals surface area contributed by atoms with E-state index in [1.807, 2.05) is 37.5 Å². The van der Waals surface area contributed by atoms with Gasteiger partial charge < -0.3 is 15.2 Å². The van der Waals surface area contributed by atoms with Crippen LogP contribution in [0.2, 0.25) is 0 Å². The molecule has 0 saturated carbocycles. The van der Waals surface area contributed by atoms with E-state index in [2.05, 4.69) is 9.88 Å². The predicted molar refractivity (Wildman–Crippen MR) is 88.6 cm³/mol. The fraction of sp³-hybridized carbons (Fsp3) is 0.357. The summed E-state index contributed by atoms with van der Waals surface area (Å²) in [5, 5.41) is 0.610. The second-order valence-corrected chi connectivity index (χ2v) is 5.55. The van der Waals surface area contributed by atoms with Gasteiger partial charge in [-0.1, -0.05) is 12.1 Å². The molecular weight excluding hydrogens is 310 g/mol. The van der Waals surface area contributed by atoms with E-state index < -0.39 is 0 Å². The van der Waals surface area contributed by atoms with Crippen LogP contribution in [-0.4, -0.2) is 37.2 Å². The number of methoxy groups -OCH3 is 1. The first-order valence-electron chi connectivity index (χ1n) is 6.33. The first-order valence-corrected chi connectivity index (χ1v) is 7.15. The lowest BCUT2D eigenvalue weighted by atomic mass is 10.3. The number of nitrogens with zero attached hydrogens (tertiary/aromatic N) is 2. The number of halogens is 1. The molecule has 2 aromatic rings. The minimum absolute atomic E-state index is 0. The largest absolute Gasteiger partial charge is 0.493 e. The molecule has 0 aliphatic carbocycles. The smallest absolute Gasteiger partial charge is 0.180 e. The molecule has 0 spiro atoms. The zero-order valence-corrected chi connectivity index (χ0v) is 13.7. The van der Waals surface area contributed by atoms with Gasteiger partial charge in [0.25, 0.3) is 0 Å². The molecule has 0 aliphatic heterocycles. The van der Waals surface area contributed by atoms with Gasteiger partial charge in [0.1, 0.15) is 6.61 Å². The normalized spacial score (nSPS) is 10.2. The van der Waals surface area contributed by atoms with Crippen molar-refractivity contribution in [3.05, 3.63) is 35.3 Å². The minimum atomic E-state index is 0. The fourth-order valence-electron chi connectivity index (χ4n) is 1.79. The third-order valence-electron chi connectivity index (χ3n) is 2.80. The summed E-state index contributed by atoms with van der Waals surface area (Å²) in [6.07, 6.45) is 1.82. The van der Waals surface area contributed by atoms with E-state index >= 15 is 0 Å². The SMILES string of the molecule is COc1ccccc1OCCN(C)Cc1cnc(N)s1.Cl. The average Bonchev–Trinajstić information content (AvgIpc) is 2.84. The van der Waals surface area contributed by atoms with Gasteiger partial charge in [-0.3, -0.25) is 4.90 Å². The van der Waals surface area contributed by atoms with Crippen LogP contribution in [-0.2, 0) is 6.54 Å². The Morgan fingerprint density at radius 2 is 2.00 bits per heavy atom. The molecule has 1 aromatic carbocycles. The van der Waals surface area contributed by atoms with Crippen molar-refractivity contribution in [1.82, 2.24) is 9.88 Å². The van der Waals surface area contributed by atoms with Crippen molar-refractivity contribution in [2.75, 3.05) is 33.0 Å². The Bertz CT molecular complexity index is 551. The van der Waals surface area contributed by atoms with Crippen LogP contribution >= 0.6 is 23.7 Å². The van der Waals surface area contributed by atoms with Crippen LogP contribution in [0.25, 0.3) is 0 Å². The molecule has 7 heteroatoms. The van der Waals surface area contributed by atoms with E-state index in [4.69, 9.17) is 15.2 Å². The number of nitrogens with two attached hydrogens (primary N) is 1. The highest BCUT2D eigenvalue weighted by Gasteiger charge is 2.06. The number of hydrogen-bond donors (Lipinski definition) is 1. The highest BCUT2D eigenvalue weighted by Crippen LogP contribution is 2.25. The lowest BCUT2D eigenvalue weighted by Crippen LogP contribution is -2.23. The first-order chi connectivity index (χ1) is 9.69. The Kier molecular flexibility index (Phi) is 7.28. The monoisotopic (exact) mass is 329 g/mol. The van der Waals surface area contributed by atoms with E-state index in [0.29, 0.717) is 11.7 Å². The molecule has 0 bridgehead atoms. The Balaban J connectivity index is 0.00000220. The molecule has 0 radical (unpaired) electrons. The minimum Gasteiger partial charge on any atom is -0.493 e. The molecule has 1 heterocycles. The maximum absolute atomic E-state index is 5.74. The summed E-state index contributed by atoms with van der Waals surface area (Å²) in [7, 11) is 3.68. The van der Waals surface area contributed by atoms with Crippen LogP contribution in [0.5, 0.6) is 11.5 Å². The topological polar surface area (TPSA) is 60.6 Å². The maximum atomic E-state index is 5.74. The molecule has 2 N–H and O–H groups in total. The number of hydrogen-bond acceptors (Lipinski definition) is 6. The molecule has 0 fully saturated rings. The van der Waals surface area contributed by atoms with Gasteiger partial charge in [-0.25, -0.2) is 4.98 Å². The number of rotatable bonds is 7. The standard InChI is InChI=1S/C14H19N3O2S.ClH/c1-17(10-11-9-16-14(15)20-11)7-8-19-13-6-4-3-5-12(13)18-2;/h3-6,9H,7-8,10H2,1-2H3,(H2,15,16);1H. The van der Waals surface area contributed by atoms with Crippen LogP contribution in [0.15, 0.2) is 30.5 Å². The van der Waals surface area contributed by atoms with Crippen molar-refractivity contribution in [2.45, 2.75) is 6.54 Å². The van der Waals surface area contributed by atoms with E-state index in [1.54, 1.807) is 7.11 Å². The summed E-state index contributed by atoms with van der Waals surface area (Å²) >= 11 is 1.52. The van der Waals surface area contributed by atoms with E-state index in [9.17, 15) is 0 Å².